The fourth-order valence-corrected chi connectivity index (χ4v) is 3.14. The summed E-state index contributed by atoms with van der Waals surface area (Å²) in [6.07, 6.45) is 5.30. The van der Waals surface area contributed by atoms with Crippen LogP contribution in [0.5, 0.6) is 5.75 Å². The lowest BCUT2D eigenvalue weighted by Crippen LogP contribution is -2.24. The number of hydrogen-bond donors (Lipinski definition) is 1. The number of fused-ring (bicyclic) bond motifs is 2. The van der Waals surface area contributed by atoms with E-state index in [2.05, 4.69) is 18.2 Å². The van der Waals surface area contributed by atoms with Crippen LogP contribution in [0.3, 0.4) is 0 Å². The third-order valence-corrected chi connectivity index (χ3v) is 4.38. The lowest BCUT2D eigenvalue weighted by atomic mass is 9.74. The molecular formula is C14H19NO. The molecule has 1 fully saturated rings. The van der Waals surface area contributed by atoms with Gasteiger partial charge in [-0.25, -0.2) is 0 Å². The van der Waals surface area contributed by atoms with E-state index in [0.717, 1.165) is 12.3 Å². The second-order valence-corrected chi connectivity index (χ2v) is 5.20. The topological polar surface area (TPSA) is 35.2 Å². The molecule has 1 aromatic rings. The molecule has 0 amide bonds. The molecule has 0 aromatic heterocycles. The minimum atomic E-state index is 0.521. The number of nitrogens with two attached hydrogens (primary N) is 1. The largest absolute Gasteiger partial charge is 0.497 e. The Bertz CT molecular complexity index is 409. The first-order chi connectivity index (χ1) is 7.79. The minimum absolute atomic E-state index is 0.521. The van der Waals surface area contributed by atoms with E-state index in [0.29, 0.717) is 11.3 Å². The van der Waals surface area contributed by atoms with Crippen molar-refractivity contribution in [2.45, 2.75) is 37.0 Å². The predicted molar refractivity (Wildman–Crippen MR) is 64.9 cm³/mol. The van der Waals surface area contributed by atoms with Crippen LogP contribution in [0.2, 0.25) is 0 Å². The molecule has 2 nitrogen and oxygen atoms in total. The van der Waals surface area contributed by atoms with Crippen molar-refractivity contribution in [3.8, 4) is 5.75 Å². The number of rotatable bonds is 2. The Labute approximate surface area is 96.8 Å². The van der Waals surface area contributed by atoms with Gasteiger partial charge in [0.2, 0.25) is 0 Å². The molecule has 1 atom stereocenters. The second-order valence-electron chi connectivity index (χ2n) is 5.20. The van der Waals surface area contributed by atoms with E-state index < -0.39 is 0 Å². The van der Waals surface area contributed by atoms with Crippen LogP contribution >= 0.6 is 0 Å². The number of methoxy groups -OCH3 is 1. The molecule has 0 saturated heterocycles. The molecule has 86 valence electrons. The summed E-state index contributed by atoms with van der Waals surface area (Å²) >= 11 is 0. The molecule has 2 N–H and O–H groups in total. The van der Waals surface area contributed by atoms with Gasteiger partial charge in [0, 0.05) is 0 Å². The van der Waals surface area contributed by atoms with Crippen molar-refractivity contribution in [1.29, 1.82) is 0 Å². The first-order valence-electron chi connectivity index (χ1n) is 6.17. The minimum Gasteiger partial charge on any atom is -0.497 e. The first-order valence-corrected chi connectivity index (χ1v) is 6.17. The summed E-state index contributed by atoms with van der Waals surface area (Å²) in [7, 11) is 1.73. The molecule has 2 heteroatoms. The van der Waals surface area contributed by atoms with E-state index in [1.807, 2.05) is 0 Å². The highest BCUT2D eigenvalue weighted by molar-refractivity contribution is 5.47. The Hall–Kier alpha value is -1.02. The fraction of sp³-hybridized carbons (Fsp3) is 0.571. The van der Waals surface area contributed by atoms with E-state index in [1.165, 1.54) is 31.2 Å². The van der Waals surface area contributed by atoms with Crippen molar-refractivity contribution < 1.29 is 4.74 Å². The summed E-state index contributed by atoms with van der Waals surface area (Å²) in [5.41, 5.74) is 9.40. The number of hydrogen-bond acceptors (Lipinski definition) is 2. The van der Waals surface area contributed by atoms with E-state index in [-0.39, 0.29) is 0 Å². The summed E-state index contributed by atoms with van der Waals surface area (Å²) < 4.78 is 5.32. The highest BCUT2D eigenvalue weighted by Crippen LogP contribution is 2.57. The van der Waals surface area contributed by atoms with Crippen LogP contribution in [0.15, 0.2) is 18.2 Å². The van der Waals surface area contributed by atoms with Gasteiger partial charge in [0.25, 0.3) is 0 Å². The second kappa shape index (κ2) is 3.49. The maximum Gasteiger partial charge on any atom is 0.119 e. The van der Waals surface area contributed by atoms with Gasteiger partial charge in [-0.15, -0.1) is 0 Å². The molecule has 0 radical (unpaired) electrons. The van der Waals surface area contributed by atoms with Gasteiger partial charge in [-0.2, -0.15) is 0 Å². The monoisotopic (exact) mass is 217 g/mol. The molecule has 2 aliphatic rings. The molecule has 1 unspecified atom stereocenters. The predicted octanol–water partition coefficient (Wildman–Crippen LogP) is 2.56. The van der Waals surface area contributed by atoms with Crippen LogP contribution in [0.1, 0.15) is 42.7 Å². The van der Waals surface area contributed by atoms with Crippen molar-refractivity contribution in [3.05, 3.63) is 29.3 Å². The summed E-state index contributed by atoms with van der Waals surface area (Å²) in [5, 5.41) is 0. The van der Waals surface area contributed by atoms with E-state index in [9.17, 15) is 0 Å². The first kappa shape index (κ1) is 10.2. The Morgan fingerprint density at radius 3 is 2.81 bits per heavy atom. The highest BCUT2D eigenvalue weighted by Gasteiger charge is 2.48. The normalized spacial score (nSPS) is 25.2. The standard InChI is InChI=1S/C14H19NO/c1-16-11-2-3-13-12(8-11)10(9-15)4-5-14(13)6-7-14/h2-3,8,10H,4-7,9,15H2,1H3. The quantitative estimate of drug-likeness (QED) is 0.826. The third-order valence-electron chi connectivity index (χ3n) is 4.38. The molecular weight excluding hydrogens is 198 g/mol. The third kappa shape index (κ3) is 1.36. The molecule has 1 aromatic carbocycles. The molecule has 2 aliphatic carbocycles. The summed E-state index contributed by atoms with van der Waals surface area (Å²) in [6, 6.07) is 6.56. The zero-order valence-corrected chi connectivity index (χ0v) is 9.83. The van der Waals surface area contributed by atoms with E-state index in [4.69, 9.17) is 10.5 Å². The van der Waals surface area contributed by atoms with Gasteiger partial charge in [-0.1, -0.05) is 6.07 Å². The molecule has 0 aliphatic heterocycles. The molecule has 1 saturated carbocycles. The van der Waals surface area contributed by atoms with Crippen LogP contribution < -0.4 is 10.5 Å². The molecule has 16 heavy (non-hydrogen) atoms. The van der Waals surface area contributed by atoms with Crippen molar-refractivity contribution in [2.75, 3.05) is 13.7 Å². The van der Waals surface area contributed by atoms with Crippen molar-refractivity contribution in [3.63, 3.8) is 0 Å². The van der Waals surface area contributed by atoms with Gasteiger partial charge in [0.1, 0.15) is 5.75 Å². The van der Waals surface area contributed by atoms with Gasteiger partial charge < -0.3 is 10.5 Å². The zero-order valence-electron chi connectivity index (χ0n) is 9.83. The van der Waals surface area contributed by atoms with Crippen molar-refractivity contribution >= 4 is 0 Å². The summed E-state index contributed by atoms with van der Waals surface area (Å²) in [4.78, 5) is 0. The molecule has 1 spiro atoms. The Morgan fingerprint density at radius 1 is 1.38 bits per heavy atom. The SMILES string of the molecule is COc1ccc2c(c1)C(CN)CCC21CC1. The van der Waals surface area contributed by atoms with Crippen molar-refractivity contribution in [2.24, 2.45) is 5.73 Å². The van der Waals surface area contributed by atoms with Gasteiger partial charge in [-0.05, 0) is 66.8 Å². The Kier molecular flexibility index (Phi) is 2.21. The maximum absolute atomic E-state index is 5.88. The molecule has 0 bridgehead atoms. The van der Waals surface area contributed by atoms with E-state index >= 15 is 0 Å². The lowest BCUT2D eigenvalue weighted by molar-refractivity contribution is 0.409. The van der Waals surface area contributed by atoms with Gasteiger partial charge in [0.15, 0.2) is 0 Å². The van der Waals surface area contributed by atoms with Crippen LogP contribution in [-0.2, 0) is 5.41 Å². The average molecular weight is 217 g/mol. The van der Waals surface area contributed by atoms with Crippen LogP contribution in [0.25, 0.3) is 0 Å². The molecule has 0 heterocycles. The van der Waals surface area contributed by atoms with E-state index in [1.54, 1.807) is 12.7 Å². The lowest BCUT2D eigenvalue weighted by Gasteiger charge is -2.31. The Morgan fingerprint density at radius 2 is 2.19 bits per heavy atom. The summed E-state index contributed by atoms with van der Waals surface area (Å²) in [6.45, 7) is 0.760. The van der Waals surface area contributed by atoms with Gasteiger partial charge >= 0.3 is 0 Å². The van der Waals surface area contributed by atoms with Crippen LogP contribution in [-0.4, -0.2) is 13.7 Å². The maximum atomic E-state index is 5.88. The smallest absolute Gasteiger partial charge is 0.119 e. The van der Waals surface area contributed by atoms with Crippen molar-refractivity contribution in [1.82, 2.24) is 0 Å². The van der Waals surface area contributed by atoms with Gasteiger partial charge in [0.05, 0.1) is 7.11 Å². The summed E-state index contributed by atoms with van der Waals surface area (Å²) in [5.74, 6) is 1.51. The van der Waals surface area contributed by atoms with Crippen LogP contribution in [0, 0.1) is 0 Å². The average Bonchev–Trinajstić information content (AvgIpc) is 3.10. The highest BCUT2D eigenvalue weighted by atomic mass is 16.5. The molecule has 3 rings (SSSR count). The Balaban J connectivity index is 2.08. The fourth-order valence-electron chi connectivity index (χ4n) is 3.14. The zero-order chi connectivity index (χ0) is 11.2. The van der Waals surface area contributed by atoms with Gasteiger partial charge in [-0.3, -0.25) is 0 Å². The number of benzene rings is 1. The van der Waals surface area contributed by atoms with Crippen LogP contribution in [0.4, 0.5) is 0 Å². The number of ether oxygens (including phenoxy) is 1.